The fourth-order valence-corrected chi connectivity index (χ4v) is 3.83. The predicted octanol–water partition coefficient (Wildman–Crippen LogP) is 4.76. The third-order valence-electron chi connectivity index (χ3n) is 4.52. The van der Waals surface area contributed by atoms with Gasteiger partial charge in [0.15, 0.2) is 5.17 Å². The van der Waals surface area contributed by atoms with E-state index in [9.17, 15) is 14.9 Å². The molecule has 2 aromatic carbocycles. The molecule has 0 radical (unpaired) electrons. The van der Waals surface area contributed by atoms with Gasteiger partial charge in [-0.3, -0.25) is 14.9 Å². The lowest BCUT2D eigenvalue weighted by Gasteiger charge is -2.05. The summed E-state index contributed by atoms with van der Waals surface area (Å²) in [6.45, 7) is 0. The van der Waals surface area contributed by atoms with Gasteiger partial charge in [0.05, 0.1) is 35.7 Å². The number of nitrogens with zero attached hydrogens (tertiary/aromatic N) is 2. The summed E-state index contributed by atoms with van der Waals surface area (Å²) in [5.74, 6) is 1.51. The number of rotatable bonds is 6. The molecule has 1 amide bonds. The van der Waals surface area contributed by atoms with Crippen molar-refractivity contribution in [2.75, 3.05) is 14.2 Å². The number of para-hydroxylation sites is 2. The second-order valence-corrected chi connectivity index (χ2v) is 7.53. The summed E-state index contributed by atoms with van der Waals surface area (Å²) in [6, 6.07) is 14.9. The van der Waals surface area contributed by atoms with E-state index in [1.54, 1.807) is 43.5 Å². The number of amidine groups is 1. The van der Waals surface area contributed by atoms with E-state index in [4.69, 9.17) is 13.9 Å². The van der Waals surface area contributed by atoms with Crippen LogP contribution in [0.25, 0.3) is 17.4 Å². The van der Waals surface area contributed by atoms with Gasteiger partial charge in [-0.2, -0.15) is 0 Å². The molecule has 0 spiro atoms. The summed E-state index contributed by atoms with van der Waals surface area (Å²) in [4.78, 5) is 27.7. The molecule has 0 saturated carbocycles. The highest BCUT2D eigenvalue weighted by atomic mass is 32.2. The Morgan fingerprint density at radius 3 is 2.62 bits per heavy atom. The van der Waals surface area contributed by atoms with Gasteiger partial charge in [0.2, 0.25) is 0 Å². The Kier molecular flexibility index (Phi) is 5.95. The first-order chi connectivity index (χ1) is 15.5. The van der Waals surface area contributed by atoms with Crippen LogP contribution in [0, 0.1) is 10.1 Å². The molecule has 10 heteroatoms. The van der Waals surface area contributed by atoms with Crippen LogP contribution in [0.4, 0.5) is 11.4 Å². The molecule has 4 rings (SSSR count). The number of furan rings is 1. The number of benzene rings is 2. The Morgan fingerprint density at radius 2 is 1.88 bits per heavy atom. The molecule has 0 unspecified atom stereocenters. The molecular formula is C22H17N3O6S. The van der Waals surface area contributed by atoms with Crippen LogP contribution in [-0.4, -0.2) is 30.2 Å². The Balaban J connectivity index is 1.58. The maximum atomic E-state index is 12.4. The van der Waals surface area contributed by atoms with Crippen LogP contribution in [0.3, 0.4) is 0 Å². The number of aliphatic imine (C=N–C) groups is 1. The minimum Gasteiger partial charge on any atom is -0.496 e. The largest absolute Gasteiger partial charge is 0.496 e. The van der Waals surface area contributed by atoms with Crippen LogP contribution in [0.5, 0.6) is 11.5 Å². The topological polar surface area (TPSA) is 116 Å². The van der Waals surface area contributed by atoms with E-state index in [0.29, 0.717) is 44.3 Å². The van der Waals surface area contributed by atoms with Gasteiger partial charge in [-0.15, -0.1) is 0 Å². The number of nitrogens with one attached hydrogen (secondary N) is 1. The second kappa shape index (κ2) is 8.98. The van der Waals surface area contributed by atoms with Crippen LogP contribution in [0.15, 0.2) is 68.9 Å². The maximum absolute atomic E-state index is 12.4. The zero-order valence-electron chi connectivity index (χ0n) is 17.0. The molecule has 0 bridgehead atoms. The lowest BCUT2D eigenvalue weighted by atomic mass is 10.1. The van der Waals surface area contributed by atoms with Crippen molar-refractivity contribution in [3.05, 3.63) is 75.4 Å². The minimum absolute atomic E-state index is 0.0830. The molecule has 3 aromatic rings. The van der Waals surface area contributed by atoms with E-state index in [1.165, 1.54) is 31.0 Å². The lowest BCUT2D eigenvalue weighted by molar-refractivity contribution is -0.384. The Labute approximate surface area is 186 Å². The minimum atomic E-state index is -0.496. The zero-order chi connectivity index (χ0) is 22.7. The van der Waals surface area contributed by atoms with Gasteiger partial charge in [-0.05, 0) is 42.1 Å². The summed E-state index contributed by atoms with van der Waals surface area (Å²) in [5.41, 5.74) is 1.08. The highest BCUT2D eigenvalue weighted by Crippen LogP contribution is 2.36. The molecule has 1 aromatic heterocycles. The lowest BCUT2D eigenvalue weighted by Crippen LogP contribution is -2.19. The number of nitro groups is 1. The summed E-state index contributed by atoms with van der Waals surface area (Å²) in [5, 5.41) is 14.1. The van der Waals surface area contributed by atoms with Crippen molar-refractivity contribution in [2.24, 2.45) is 4.99 Å². The number of hydrogen-bond acceptors (Lipinski definition) is 8. The first-order valence-corrected chi connectivity index (χ1v) is 10.2. The van der Waals surface area contributed by atoms with Gasteiger partial charge in [-0.1, -0.05) is 12.1 Å². The summed E-state index contributed by atoms with van der Waals surface area (Å²) in [7, 11) is 2.98. The Bertz CT molecular complexity index is 1260. The first-order valence-electron chi connectivity index (χ1n) is 9.33. The van der Waals surface area contributed by atoms with Gasteiger partial charge in [0, 0.05) is 12.1 Å². The molecule has 1 aliphatic heterocycles. The van der Waals surface area contributed by atoms with Crippen molar-refractivity contribution in [3.63, 3.8) is 0 Å². The third kappa shape index (κ3) is 4.35. The van der Waals surface area contributed by atoms with Crippen LogP contribution in [0.2, 0.25) is 0 Å². The van der Waals surface area contributed by atoms with E-state index in [2.05, 4.69) is 10.3 Å². The van der Waals surface area contributed by atoms with Gasteiger partial charge < -0.3 is 19.2 Å². The highest BCUT2D eigenvalue weighted by Gasteiger charge is 2.25. The third-order valence-corrected chi connectivity index (χ3v) is 5.43. The molecule has 2 heterocycles. The number of carbonyl (C=O) groups excluding carboxylic acids is 1. The second-order valence-electron chi connectivity index (χ2n) is 6.50. The number of nitro benzene ring substituents is 1. The number of amides is 1. The quantitative estimate of drug-likeness (QED) is 0.326. The van der Waals surface area contributed by atoms with E-state index in [1.807, 2.05) is 12.1 Å². The van der Waals surface area contributed by atoms with Crippen molar-refractivity contribution >= 4 is 40.3 Å². The fraction of sp³-hybridized carbons (Fsp3) is 0.0909. The average molecular weight is 451 g/mol. The van der Waals surface area contributed by atoms with E-state index in [-0.39, 0.29) is 11.6 Å². The number of methoxy groups -OCH3 is 2. The molecule has 0 aliphatic carbocycles. The van der Waals surface area contributed by atoms with E-state index < -0.39 is 4.92 Å². The number of ether oxygens (including phenoxy) is 2. The number of non-ortho nitro benzene ring substituents is 1. The van der Waals surface area contributed by atoms with E-state index in [0.717, 1.165) is 0 Å². The average Bonchev–Trinajstić information content (AvgIpc) is 3.40. The van der Waals surface area contributed by atoms with Crippen LogP contribution in [-0.2, 0) is 4.79 Å². The van der Waals surface area contributed by atoms with Gasteiger partial charge >= 0.3 is 0 Å². The molecule has 0 atom stereocenters. The standard InChI is InChI=1S/C22H17N3O6S/c1-29-18-6-4-3-5-16(18)23-22-24-21(26)20(32-22)12-14-8-10-17(31-14)15-9-7-13(25(27)28)11-19(15)30-2/h3-12H,1-2H3,(H,23,24,26)/b20-12-. The van der Waals surface area contributed by atoms with Crippen molar-refractivity contribution in [2.45, 2.75) is 0 Å². The van der Waals surface area contributed by atoms with Gasteiger partial charge in [0.1, 0.15) is 28.7 Å². The molecule has 1 saturated heterocycles. The van der Waals surface area contributed by atoms with Crippen molar-refractivity contribution < 1.29 is 23.6 Å². The molecular weight excluding hydrogens is 434 g/mol. The van der Waals surface area contributed by atoms with Crippen molar-refractivity contribution in [1.29, 1.82) is 0 Å². The van der Waals surface area contributed by atoms with Crippen molar-refractivity contribution in [3.8, 4) is 22.8 Å². The molecule has 1 aliphatic rings. The summed E-state index contributed by atoms with van der Waals surface area (Å²) < 4.78 is 16.4. The Hall–Kier alpha value is -4.05. The van der Waals surface area contributed by atoms with Gasteiger partial charge in [-0.25, -0.2) is 4.99 Å². The number of carbonyl (C=O) groups is 1. The molecule has 1 fully saturated rings. The molecule has 1 N–H and O–H groups in total. The molecule has 162 valence electrons. The summed E-state index contributed by atoms with van der Waals surface area (Å²) in [6.07, 6.45) is 1.60. The molecule has 9 nitrogen and oxygen atoms in total. The monoisotopic (exact) mass is 451 g/mol. The van der Waals surface area contributed by atoms with Crippen LogP contribution >= 0.6 is 11.8 Å². The highest BCUT2D eigenvalue weighted by molar-refractivity contribution is 8.18. The smallest absolute Gasteiger partial charge is 0.273 e. The Morgan fingerprint density at radius 1 is 1.09 bits per heavy atom. The van der Waals surface area contributed by atoms with Crippen LogP contribution in [0.1, 0.15) is 5.76 Å². The normalized spacial score (nSPS) is 15.8. The number of hydrogen-bond donors (Lipinski definition) is 1. The maximum Gasteiger partial charge on any atom is 0.273 e. The zero-order valence-corrected chi connectivity index (χ0v) is 17.8. The fourth-order valence-electron chi connectivity index (χ4n) is 3.01. The van der Waals surface area contributed by atoms with E-state index >= 15 is 0 Å². The first kappa shape index (κ1) is 21.2. The van der Waals surface area contributed by atoms with Gasteiger partial charge in [0.25, 0.3) is 11.6 Å². The van der Waals surface area contributed by atoms with Crippen LogP contribution < -0.4 is 14.8 Å². The van der Waals surface area contributed by atoms with Crippen molar-refractivity contribution in [1.82, 2.24) is 5.32 Å². The molecule has 32 heavy (non-hydrogen) atoms. The summed E-state index contributed by atoms with van der Waals surface area (Å²) >= 11 is 1.18. The SMILES string of the molecule is COc1ccccc1N=C1NC(=O)/C(=C/c2ccc(-c3ccc([N+](=O)[O-])cc3OC)o2)S1. The predicted molar refractivity (Wildman–Crippen MR) is 121 cm³/mol. The number of thioether (sulfide) groups is 1.